The van der Waals surface area contributed by atoms with E-state index in [0.29, 0.717) is 6.42 Å². The Morgan fingerprint density at radius 1 is 1.25 bits per heavy atom. The lowest BCUT2D eigenvalue weighted by molar-refractivity contribution is -0.0172. The minimum atomic E-state index is -1.26. The molecule has 6 heteroatoms. The van der Waals surface area contributed by atoms with Gasteiger partial charge in [-0.2, -0.15) is 0 Å². The zero-order valence-corrected chi connectivity index (χ0v) is 10.9. The van der Waals surface area contributed by atoms with Crippen LogP contribution in [0.15, 0.2) is 0 Å². The second-order valence-electron chi connectivity index (χ2n) is 5.47. The second kappa shape index (κ2) is 4.69. The summed E-state index contributed by atoms with van der Waals surface area (Å²) < 4.78 is 11.5. The minimum absolute atomic E-state index is 0.146. The average Bonchev–Trinajstić information content (AvgIpc) is 2.31. The summed E-state index contributed by atoms with van der Waals surface area (Å²) in [7, 11) is -1.46. The highest BCUT2D eigenvalue weighted by atomic mass is 16.7. The van der Waals surface area contributed by atoms with Crippen LogP contribution in [0.4, 0.5) is 0 Å². The monoisotopic (exact) mass is 228 g/mol. The van der Waals surface area contributed by atoms with Crippen molar-refractivity contribution in [3.8, 4) is 0 Å². The molecule has 1 fully saturated rings. The van der Waals surface area contributed by atoms with Crippen molar-refractivity contribution in [1.82, 2.24) is 0 Å². The van der Waals surface area contributed by atoms with E-state index < -0.39 is 7.12 Å². The molecule has 0 aromatic carbocycles. The molecule has 92 valence electrons. The fraction of sp³-hybridized carbons (Fsp3) is 1.00. The summed E-state index contributed by atoms with van der Waals surface area (Å²) >= 11 is 0. The van der Waals surface area contributed by atoms with Gasteiger partial charge in [0.2, 0.25) is 0 Å². The van der Waals surface area contributed by atoms with Crippen molar-refractivity contribution in [3.63, 3.8) is 0 Å². The molecule has 0 bridgehead atoms. The van der Waals surface area contributed by atoms with Crippen molar-refractivity contribution in [3.05, 3.63) is 0 Å². The summed E-state index contributed by atoms with van der Waals surface area (Å²) in [6.45, 7) is 9.75. The molecule has 1 aliphatic heterocycles. The first-order chi connectivity index (χ1) is 7.18. The molecule has 16 heavy (non-hydrogen) atoms. The lowest BCUT2D eigenvalue weighted by atomic mass is 9.69. The van der Waals surface area contributed by atoms with Gasteiger partial charge in [-0.25, -0.2) is 0 Å². The smallest absolute Gasteiger partial charge is 0.427 e. The van der Waals surface area contributed by atoms with Gasteiger partial charge in [0.25, 0.3) is 0 Å². The van der Waals surface area contributed by atoms with Gasteiger partial charge >= 0.3 is 14.2 Å². The third-order valence-corrected chi connectivity index (χ3v) is 3.75. The quantitative estimate of drug-likeness (QED) is 0.712. The summed E-state index contributed by atoms with van der Waals surface area (Å²) in [6, 6.07) is 0. The van der Waals surface area contributed by atoms with E-state index in [1.165, 1.54) is 0 Å². The zero-order chi connectivity index (χ0) is 12.6. The SMILES string of the molecule is CB1OC(C)(C)C(C)(CCC(C)B(O)O)O1. The third-order valence-electron chi connectivity index (χ3n) is 3.75. The molecule has 2 unspecified atom stereocenters. The van der Waals surface area contributed by atoms with Crippen LogP contribution in [0.25, 0.3) is 0 Å². The van der Waals surface area contributed by atoms with Crippen molar-refractivity contribution in [1.29, 1.82) is 0 Å². The molecule has 1 saturated heterocycles. The Morgan fingerprint density at radius 3 is 2.19 bits per heavy atom. The fourth-order valence-electron chi connectivity index (χ4n) is 2.08. The van der Waals surface area contributed by atoms with E-state index in [4.69, 9.17) is 19.4 Å². The molecule has 0 radical (unpaired) electrons. The highest BCUT2D eigenvalue weighted by Crippen LogP contribution is 2.41. The van der Waals surface area contributed by atoms with Crippen LogP contribution in [0.2, 0.25) is 12.6 Å². The normalized spacial score (nSPS) is 30.6. The van der Waals surface area contributed by atoms with Crippen molar-refractivity contribution in [2.75, 3.05) is 0 Å². The highest BCUT2D eigenvalue weighted by Gasteiger charge is 2.51. The summed E-state index contributed by atoms with van der Waals surface area (Å²) in [6.07, 6.45) is 1.46. The Morgan fingerprint density at radius 2 is 1.81 bits per heavy atom. The van der Waals surface area contributed by atoms with Gasteiger partial charge in [0.05, 0.1) is 11.2 Å². The minimum Gasteiger partial charge on any atom is -0.427 e. The van der Waals surface area contributed by atoms with Crippen molar-refractivity contribution >= 4 is 14.2 Å². The summed E-state index contributed by atoms with van der Waals surface area (Å²) in [5.41, 5.74) is -0.706. The van der Waals surface area contributed by atoms with Gasteiger partial charge in [0.1, 0.15) is 0 Å². The van der Waals surface area contributed by atoms with Gasteiger partial charge in [-0.1, -0.05) is 6.92 Å². The number of hydrogen-bond donors (Lipinski definition) is 2. The first-order valence-electron chi connectivity index (χ1n) is 5.90. The molecule has 2 atom stereocenters. The molecule has 1 aliphatic rings. The molecule has 0 spiro atoms. The molecule has 2 N–H and O–H groups in total. The van der Waals surface area contributed by atoms with Crippen molar-refractivity contribution in [2.24, 2.45) is 0 Å². The summed E-state index contributed by atoms with van der Waals surface area (Å²) in [4.78, 5) is 0. The average molecular weight is 228 g/mol. The predicted molar refractivity (Wildman–Crippen MR) is 65.1 cm³/mol. The van der Waals surface area contributed by atoms with E-state index >= 15 is 0 Å². The van der Waals surface area contributed by atoms with Gasteiger partial charge < -0.3 is 19.4 Å². The van der Waals surface area contributed by atoms with Crippen LogP contribution in [-0.4, -0.2) is 35.5 Å². The van der Waals surface area contributed by atoms with E-state index in [1.54, 1.807) is 0 Å². The number of rotatable bonds is 4. The van der Waals surface area contributed by atoms with Gasteiger partial charge in [0.15, 0.2) is 0 Å². The van der Waals surface area contributed by atoms with Crippen LogP contribution in [0.3, 0.4) is 0 Å². The second-order valence-corrected chi connectivity index (χ2v) is 5.47. The van der Waals surface area contributed by atoms with Crippen LogP contribution in [0.1, 0.15) is 40.5 Å². The van der Waals surface area contributed by atoms with Gasteiger partial charge in [-0.3, -0.25) is 0 Å². The summed E-state index contributed by atoms with van der Waals surface area (Å²) in [5, 5.41) is 18.1. The largest absolute Gasteiger partial charge is 0.454 e. The van der Waals surface area contributed by atoms with E-state index in [2.05, 4.69) is 0 Å². The van der Waals surface area contributed by atoms with Gasteiger partial charge in [-0.05, 0) is 46.3 Å². The maximum absolute atomic E-state index is 9.04. The van der Waals surface area contributed by atoms with Crippen molar-refractivity contribution < 1.29 is 19.4 Å². The standard InChI is InChI=1S/C10H22B2O4/c1-8(12(13)14)6-7-10(4)9(2,3)15-11(5)16-10/h8,13-14H,6-7H2,1-5H3. The maximum atomic E-state index is 9.04. The van der Waals surface area contributed by atoms with E-state index in [-0.39, 0.29) is 24.1 Å². The van der Waals surface area contributed by atoms with E-state index in [1.807, 2.05) is 34.5 Å². The third kappa shape index (κ3) is 2.80. The molecule has 0 amide bonds. The fourth-order valence-corrected chi connectivity index (χ4v) is 2.08. The van der Waals surface area contributed by atoms with Gasteiger partial charge in [-0.15, -0.1) is 0 Å². The maximum Gasteiger partial charge on any atom is 0.454 e. The highest BCUT2D eigenvalue weighted by molar-refractivity contribution is 6.43. The Labute approximate surface area is 98.6 Å². The zero-order valence-electron chi connectivity index (χ0n) is 10.9. The Kier molecular flexibility index (Phi) is 4.11. The lowest BCUT2D eigenvalue weighted by Gasteiger charge is -2.37. The van der Waals surface area contributed by atoms with Gasteiger partial charge in [0, 0.05) is 0 Å². The van der Waals surface area contributed by atoms with Crippen LogP contribution in [-0.2, 0) is 9.31 Å². The number of hydrogen-bond acceptors (Lipinski definition) is 4. The van der Waals surface area contributed by atoms with E-state index in [0.717, 1.165) is 6.42 Å². The van der Waals surface area contributed by atoms with Crippen LogP contribution in [0.5, 0.6) is 0 Å². The molecule has 1 rings (SSSR count). The predicted octanol–water partition coefficient (Wildman–Crippen LogP) is 1.33. The lowest BCUT2D eigenvalue weighted by Crippen LogP contribution is -2.45. The molecule has 0 saturated carbocycles. The molecule has 0 aromatic heterocycles. The van der Waals surface area contributed by atoms with Crippen molar-refractivity contribution in [2.45, 2.75) is 64.4 Å². The first kappa shape index (κ1) is 14.0. The molecule has 0 aliphatic carbocycles. The molecule has 1 heterocycles. The van der Waals surface area contributed by atoms with Crippen LogP contribution >= 0.6 is 0 Å². The topological polar surface area (TPSA) is 58.9 Å². The Hall–Kier alpha value is -0.0301. The van der Waals surface area contributed by atoms with Crippen LogP contribution < -0.4 is 0 Å². The Bertz CT molecular complexity index is 247. The first-order valence-corrected chi connectivity index (χ1v) is 5.90. The summed E-state index contributed by atoms with van der Waals surface area (Å²) in [5.74, 6) is -0.146. The molecule has 0 aromatic rings. The van der Waals surface area contributed by atoms with E-state index in [9.17, 15) is 0 Å². The molecular formula is C10H22B2O4. The van der Waals surface area contributed by atoms with Crippen LogP contribution in [0, 0.1) is 0 Å². The molecular weight excluding hydrogens is 206 g/mol. The Balaban J connectivity index is 2.58. The molecule has 4 nitrogen and oxygen atoms in total.